The molecule has 0 fully saturated rings. The first-order valence-corrected chi connectivity index (χ1v) is 10.8. The smallest absolute Gasteiger partial charge is 0.283 e. The second-order valence-electron chi connectivity index (χ2n) is 6.09. The molecular weight excluding hydrogens is 482 g/mol. The minimum Gasteiger partial charge on any atom is -0.507 e. The van der Waals surface area contributed by atoms with Gasteiger partial charge >= 0.3 is 0 Å². The zero-order valence-electron chi connectivity index (χ0n) is 14.3. The first-order chi connectivity index (χ1) is 13.5. The Morgan fingerprint density at radius 1 is 0.793 bits per heavy atom. The summed E-state index contributed by atoms with van der Waals surface area (Å²) in [6, 6.07) is 11.7. The summed E-state index contributed by atoms with van der Waals surface area (Å²) in [6.45, 7) is 0. The second-order valence-corrected chi connectivity index (χ2v) is 9.31. The number of hydrogen-bond acceptors (Lipinski definition) is 4. The largest absolute Gasteiger partial charge is 0.507 e. The highest BCUT2D eigenvalue weighted by atomic mass is 35.5. The second kappa shape index (κ2) is 7.87. The Hall–Kier alpha value is -1.67. The van der Waals surface area contributed by atoms with Gasteiger partial charge in [0.1, 0.15) is 11.5 Å². The average Bonchev–Trinajstić information content (AvgIpc) is 2.59. The van der Waals surface area contributed by atoms with E-state index < -0.39 is 31.9 Å². The fourth-order valence-corrected chi connectivity index (χ4v) is 5.51. The molecule has 0 saturated heterocycles. The molecule has 0 aliphatic rings. The molecule has 3 aromatic carbocycles. The summed E-state index contributed by atoms with van der Waals surface area (Å²) >= 11 is 24.4. The van der Waals surface area contributed by atoms with Crippen molar-refractivity contribution in [3.05, 3.63) is 91.4 Å². The van der Waals surface area contributed by atoms with Gasteiger partial charge in [0.25, 0.3) is 10.1 Å². The molecule has 0 spiro atoms. The van der Waals surface area contributed by atoms with Gasteiger partial charge in [0, 0.05) is 15.6 Å². The highest BCUT2D eigenvalue weighted by molar-refractivity contribution is 7.87. The van der Waals surface area contributed by atoms with E-state index in [0.29, 0.717) is 0 Å². The third kappa shape index (κ3) is 3.65. The van der Waals surface area contributed by atoms with Crippen molar-refractivity contribution in [2.24, 2.45) is 0 Å². The normalized spacial score (nSPS) is 13.8. The van der Waals surface area contributed by atoms with Crippen molar-refractivity contribution in [3.63, 3.8) is 0 Å². The van der Waals surface area contributed by atoms with Gasteiger partial charge in [-0.15, -0.1) is 0 Å². The van der Waals surface area contributed by atoms with E-state index >= 15 is 0 Å². The maximum absolute atomic E-state index is 13.0. The van der Waals surface area contributed by atoms with Crippen molar-refractivity contribution in [2.45, 2.75) is 4.75 Å². The summed E-state index contributed by atoms with van der Waals surface area (Å²) in [6.07, 6.45) is 0. The minimum absolute atomic E-state index is 0.00726. The molecule has 0 heterocycles. The summed E-state index contributed by atoms with van der Waals surface area (Å²) in [5.41, 5.74) is -0.857. The predicted molar refractivity (Wildman–Crippen MR) is 114 cm³/mol. The van der Waals surface area contributed by atoms with E-state index in [0.717, 1.165) is 12.1 Å². The van der Waals surface area contributed by atoms with E-state index in [2.05, 4.69) is 0 Å². The van der Waals surface area contributed by atoms with Crippen molar-refractivity contribution in [2.75, 3.05) is 0 Å². The first-order valence-electron chi connectivity index (χ1n) is 7.89. The Labute approximate surface area is 186 Å². The quantitative estimate of drug-likeness (QED) is 0.311. The van der Waals surface area contributed by atoms with Crippen LogP contribution in [0.1, 0.15) is 16.7 Å². The van der Waals surface area contributed by atoms with Crippen LogP contribution in [0.25, 0.3) is 0 Å². The third-order valence-corrected chi connectivity index (χ3v) is 7.07. The van der Waals surface area contributed by atoms with Crippen LogP contribution in [0.15, 0.2) is 54.6 Å². The predicted octanol–water partition coefficient (Wildman–Crippen LogP) is 5.89. The monoisotopic (exact) mass is 492 g/mol. The minimum atomic E-state index is -5.16. The molecule has 0 aliphatic heterocycles. The van der Waals surface area contributed by atoms with Gasteiger partial charge in [0.05, 0.1) is 15.6 Å². The molecule has 10 heteroatoms. The molecule has 0 saturated carbocycles. The number of aromatic hydroxyl groups is 2. The van der Waals surface area contributed by atoms with Crippen LogP contribution in [0.3, 0.4) is 0 Å². The van der Waals surface area contributed by atoms with Crippen molar-refractivity contribution in [1.82, 2.24) is 0 Å². The summed E-state index contributed by atoms with van der Waals surface area (Å²) < 4.78 is 33.9. The molecule has 152 valence electrons. The highest BCUT2D eigenvalue weighted by Crippen LogP contribution is 2.53. The van der Waals surface area contributed by atoms with E-state index in [-0.39, 0.29) is 31.2 Å². The molecule has 3 rings (SSSR count). The molecule has 0 bridgehead atoms. The van der Waals surface area contributed by atoms with Crippen LogP contribution >= 0.6 is 46.4 Å². The number of phenolic OH excluding ortho intramolecular Hbond substituents is 2. The maximum atomic E-state index is 13.0. The number of phenols is 2. The van der Waals surface area contributed by atoms with Gasteiger partial charge in [-0.3, -0.25) is 4.55 Å². The SMILES string of the molecule is O=S(=O)(O)C(c1cccc(Cl)c1)(c1cccc(Cl)c1Cl)c1c(O)cc(Cl)cc1O. The summed E-state index contributed by atoms with van der Waals surface area (Å²) in [7, 11) is -5.16. The van der Waals surface area contributed by atoms with Gasteiger partial charge < -0.3 is 10.2 Å². The van der Waals surface area contributed by atoms with Gasteiger partial charge in [-0.05, 0) is 35.9 Å². The van der Waals surface area contributed by atoms with E-state index in [4.69, 9.17) is 46.4 Å². The lowest BCUT2D eigenvalue weighted by molar-refractivity contribution is 0.416. The molecule has 0 amide bonds. The molecule has 1 atom stereocenters. The van der Waals surface area contributed by atoms with Crippen LogP contribution in [-0.2, 0) is 14.9 Å². The maximum Gasteiger partial charge on any atom is 0.283 e. The Morgan fingerprint density at radius 2 is 1.38 bits per heavy atom. The van der Waals surface area contributed by atoms with Crippen LogP contribution < -0.4 is 0 Å². The summed E-state index contributed by atoms with van der Waals surface area (Å²) in [5, 5.41) is 21.1. The Bertz CT molecular complexity index is 1190. The molecule has 0 aliphatic carbocycles. The van der Waals surface area contributed by atoms with Gasteiger partial charge in [0.15, 0.2) is 4.75 Å². The fourth-order valence-electron chi connectivity index (χ4n) is 3.27. The van der Waals surface area contributed by atoms with Gasteiger partial charge in [-0.25, -0.2) is 0 Å². The van der Waals surface area contributed by atoms with E-state index in [1.807, 2.05) is 0 Å². The van der Waals surface area contributed by atoms with Crippen LogP contribution in [0, 0.1) is 0 Å². The zero-order chi connectivity index (χ0) is 21.6. The average molecular weight is 494 g/mol. The topological polar surface area (TPSA) is 94.8 Å². The molecular formula is C19H12Cl4O5S. The standard InChI is InChI=1S/C19H12Cl4O5S/c20-11-4-1-3-10(7-11)19(29(26,27)28,13-5-2-6-14(22)18(13)23)17-15(24)8-12(21)9-16(17)25/h1-9,24-25H,(H,26,27,28). The molecule has 29 heavy (non-hydrogen) atoms. The number of hydrogen-bond donors (Lipinski definition) is 3. The first kappa shape index (κ1) is 22.0. The highest BCUT2D eigenvalue weighted by Gasteiger charge is 2.53. The molecule has 0 radical (unpaired) electrons. The fraction of sp³-hybridized carbons (Fsp3) is 0.0526. The van der Waals surface area contributed by atoms with E-state index in [1.54, 1.807) is 0 Å². The third-order valence-electron chi connectivity index (χ3n) is 4.36. The lowest BCUT2D eigenvalue weighted by atomic mass is 9.83. The van der Waals surface area contributed by atoms with Gasteiger partial charge in [-0.2, -0.15) is 8.42 Å². The molecule has 3 N–H and O–H groups in total. The number of benzene rings is 3. The van der Waals surface area contributed by atoms with E-state index in [9.17, 15) is 23.2 Å². The lowest BCUT2D eigenvalue weighted by Crippen LogP contribution is -2.38. The summed E-state index contributed by atoms with van der Waals surface area (Å²) in [4.78, 5) is 0. The Balaban J connectivity index is 2.66. The van der Waals surface area contributed by atoms with Crippen molar-refractivity contribution >= 4 is 56.5 Å². The number of rotatable bonds is 4. The van der Waals surface area contributed by atoms with Crippen LogP contribution in [-0.4, -0.2) is 23.2 Å². The molecule has 5 nitrogen and oxygen atoms in total. The van der Waals surface area contributed by atoms with Crippen molar-refractivity contribution in [3.8, 4) is 11.5 Å². The van der Waals surface area contributed by atoms with Crippen LogP contribution in [0.5, 0.6) is 11.5 Å². The molecule has 0 aromatic heterocycles. The van der Waals surface area contributed by atoms with E-state index in [1.165, 1.54) is 42.5 Å². The molecule has 3 aromatic rings. The zero-order valence-corrected chi connectivity index (χ0v) is 18.1. The van der Waals surface area contributed by atoms with Crippen molar-refractivity contribution < 1.29 is 23.2 Å². The lowest BCUT2D eigenvalue weighted by Gasteiger charge is -2.34. The van der Waals surface area contributed by atoms with Gasteiger partial charge in [-0.1, -0.05) is 70.7 Å². The van der Waals surface area contributed by atoms with Gasteiger partial charge in [0.2, 0.25) is 0 Å². The van der Waals surface area contributed by atoms with Crippen molar-refractivity contribution in [1.29, 1.82) is 0 Å². The van der Waals surface area contributed by atoms with Crippen LogP contribution in [0.4, 0.5) is 0 Å². The Morgan fingerprint density at radius 3 is 1.93 bits per heavy atom. The van der Waals surface area contributed by atoms with Crippen LogP contribution in [0.2, 0.25) is 20.1 Å². The Kier molecular flexibility index (Phi) is 5.98. The number of halogens is 4. The summed E-state index contributed by atoms with van der Waals surface area (Å²) in [5.74, 6) is -1.38. The molecule has 1 unspecified atom stereocenters.